The van der Waals surface area contributed by atoms with Crippen molar-refractivity contribution in [1.29, 1.82) is 0 Å². The first-order chi connectivity index (χ1) is 9.74. The molecule has 108 valence electrons. The molecule has 5 nitrogen and oxygen atoms in total. The van der Waals surface area contributed by atoms with Crippen LogP contribution in [-0.4, -0.2) is 34.4 Å². The van der Waals surface area contributed by atoms with E-state index in [9.17, 15) is 4.79 Å². The number of carbonyl (C=O) groups is 1. The second-order valence-corrected chi connectivity index (χ2v) is 6.51. The summed E-state index contributed by atoms with van der Waals surface area (Å²) in [5.41, 5.74) is 0.388. The molecule has 0 unspecified atom stereocenters. The van der Waals surface area contributed by atoms with Crippen LogP contribution < -0.4 is 5.32 Å². The molecule has 2 heterocycles. The normalized spacial score (nSPS) is 32.7. The zero-order valence-electron chi connectivity index (χ0n) is 11.7. The lowest BCUT2D eigenvalue weighted by atomic mass is 9.68. The average molecular weight is 275 g/mol. The lowest BCUT2D eigenvalue weighted by Crippen LogP contribution is -2.50. The second kappa shape index (κ2) is 4.32. The van der Waals surface area contributed by atoms with Crippen LogP contribution in [0.25, 0.3) is 0 Å². The maximum absolute atomic E-state index is 12.0. The molecule has 1 aromatic rings. The highest BCUT2D eigenvalue weighted by Gasteiger charge is 2.73. The Hall–Kier alpha value is -1.36. The summed E-state index contributed by atoms with van der Waals surface area (Å²) in [5.74, 6) is 0.816. The number of nitrogens with one attached hydrogen (secondary N) is 1. The van der Waals surface area contributed by atoms with Gasteiger partial charge in [-0.25, -0.2) is 0 Å². The first-order valence-electron chi connectivity index (χ1n) is 7.62. The summed E-state index contributed by atoms with van der Waals surface area (Å²) in [6, 6.07) is 1.88. The number of fused-ring (bicyclic) bond motifs is 2. The number of hydrogen-bond donors (Lipinski definition) is 1. The van der Waals surface area contributed by atoms with Crippen LogP contribution >= 0.6 is 0 Å². The third-order valence-corrected chi connectivity index (χ3v) is 5.59. The highest BCUT2D eigenvalue weighted by atomic mass is 16.5. The quantitative estimate of drug-likeness (QED) is 0.882. The fraction of sp³-hybridized carbons (Fsp3) is 0.733. The molecule has 0 bridgehead atoms. The Bertz CT molecular complexity index is 509. The lowest BCUT2D eigenvalue weighted by Gasteiger charge is -2.45. The molecular formula is C15H21N3O2. The average Bonchev–Trinajstić information content (AvgIpc) is 2.80. The van der Waals surface area contributed by atoms with Gasteiger partial charge in [0.1, 0.15) is 0 Å². The second-order valence-electron chi connectivity index (χ2n) is 6.51. The zero-order valence-corrected chi connectivity index (χ0v) is 11.7. The Morgan fingerprint density at radius 3 is 3.05 bits per heavy atom. The Kier molecular flexibility index (Phi) is 2.67. The number of amides is 1. The Balaban J connectivity index is 1.29. The summed E-state index contributed by atoms with van der Waals surface area (Å²) < 4.78 is 7.82. The standard InChI is InChI=1S/C15H21N3O2/c19-13(3-8-18-7-2-6-17-18)16-11-14-9-12(14)10-20-15(14)4-1-5-15/h2,6-7,12H,1,3-5,8-11H2,(H,16,19)/t12-,14+/m0/s1. The third kappa shape index (κ3) is 1.72. The number of aryl methyl sites for hydroxylation is 1. The number of hydrogen-bond acceptors (Lipinski definition) is 3. The molecule has 1 saturated heterocycles. The monoisotopic (exact) mass is 275 g/mol. The van der Waals surface area contributed by atoms with Gasteiger partial charge in [0.05, 0.1) is 12.2 Å². The smallest absolute Gasteiger partial charge is 0.221 e. The van der Waals surface area contributed by atoms with Crippen molar-refractivity contribution >= 4 is 5.91 Å². The van der Waals surface area contributed by atoms with E-state index >= 15 is 0 Å². The molecule has 3 aliphatic rings. The van der Waals surface area contributed by atoms with E-state index in [1.54, 1.807) is 10.9 Å². The Labute approximate surface area is 118 Å². The predicted molar refractivity (Wildman–Crippen MR) is 72.9 cm³/mol. The fourth-order valence-electron chi connectivity index (χ4n) is 4.07. The van der Waals surface area contributed by atoms with Crippen LogP contribution in [0.15, 0.2) is 18.5 Å². The number of nitrogens with zero attached hydrogens (tertiary/aromatic N) is 2. The van der Waals surface area contributed by atoms with Crippen molar-refractivity contribution < 1.29 is 9.53 Å². The number of ether oxygens (including phenoxy) is 1. The number of aromatic nitrogens is 2. The van der Waals surface area contributed by atoms with E-state index in [-0.39, 0.29) is 16.9 Å². The molecule has 5 heteroatoms. The largest absolute Gasteiger partial charge is 0.374 e. The topological polar surface area (TPSA) is 56.2 Å². The summed E-state index contributed by atoms with van der Waals surface area (Å²) in [4.78, 5) is 12.0. The molecule has 2 atom stereocenters. The molecule has 1 amide bonds. The molecule has 4 rings (SSSR count). The maximum Gasteiger partial charge on any atom is 0.221 e. The van der Waals surface area contributed by atoms with Gasteiger partial charge in [-0.3, -0.25) is 9.48 Å². The molecule has 3 fully saturated rings. The molecule has 1 N–H and O–H groups in total. The number of rotatable bonds is 5. The Morgan fingerprint density at radius 2 is 2.40 bits per heavy atom. The molecular weight excluding hydrogens is 254 g/mol. The predicted octanol–water partition coefficient (Wildman–Crippen LogP) is 1.35. The molecule has 1 spiro atoms. The minimum atomic E-state index is 0.118. The van der Waals surface area contributed by atoms with E-state index in [1.807, 2.05) is 12.3 Å². The SMILES string of the molecule is O=C(CCn1cccn1)NC[C@]12C[C@H]1COC21CCC1. The van der Waals surface area contributed by atoms with E-state index < -0.39 is 0 Å². The molecule has 1 aromatic heterocycles. The van der Waals surface area contributed by atoms with Crippen molar-refractivity contribution in [1.82, 2.24) is 15.1 Å². The van der Waals surface area contributed by atoms with Gasteiger partial charge in [0, 0.05) is 37.3 Å². The number of carbonyl (C=O) groups excluding carboxylic acids is 1. The highest BCUT2D eigenvalue weighted by molar-refractivity contribution is 5.75. The van der Waals surface area contributed by atoms with Gasteiger partial charge >= 0.3 is 0 Å². The molecule has 1 aliphatic heterocycles. The van der Waals surface area contributed by atoms with Gasteiger partial charge < -0.3 is 10.1 Å². The first-order valence-corrected chi connectivity index (χ1v) is 7.62. The molecule has 0 aromatic carbocycles. The van der Waals surface area contributed by atoms with Crippen molar-refractivity contribution in [3.05, 3.63) is 18.5 Å². The molecule has 2 saturated carbocycles. The molecule has 2 aliphatic carbocycles. The van der Waals surface area contributed by atoms with Crippen LogP contribution in [0.1, 0.15) is 32.1 Å². The Morgan fingerprint density at radius 1 is 1.50 bits per heavy atom. The van der Waals surface area contributed by atoms with Gasteiger partial charge in [0.2, 0.25) is 5.91 Å². The highest BCUT2D eigenvalue weighted by Crippen LogP contribution is 2.70. The zero-order chi connectivity index (χ0) is 13.6. The van der Waals surface area contributed by atoms with Crippen molar-refractivity contribution in [2.24, 2.45) is 11.3 Å². The van der Waals surface area contributed by atoms with Crippen LogP contribution in [0, 0.1) is 11.3 Å². The summed E-state index contributed by atoms with van der Waals surface area (Å²) in [6.07, 6.45) is 9.02. The summed E-state index contributed by atoms with van der Waals surface area (Å²) >= 11 is 0. The minimum absolute atomic E-state index is 0.118. The van der Waals surface area contributed by atoms with Crippen LogP contribution in [0.5, 0.6) is 0 Å². The van der Waals surface area contributed by atoms with Gasteiger partial charge in [-0.05, 0) is 37.7 Å². The lowest BCUT2D eigenvalue weighted by molar-refractivity contribution is -0.125. The van der Waals surface area contributed by atoms with Crippen LogP contribution in [0.3, 0.4) is 0 Å². The molecule has 20 heavy (non-hydrogen) atoms. The van der Waals surface area contributed by atoms with E-state index in [0.29, 0.717) is 18.9 Å². The van der Waals surface area contributed by atoms with E-state index in [1.165, 1.54) is 25.7 Å². The fourth-order valence-corrected chi connectivity index (χ4v) is 4.07. The van der Waals surface area contributed by atoms with Gasteiger partial charge in [0.25, 0.3) is 0 Å². The van der Waals surface area contributed by atoms with Crippen LogP contribution in [0.2, 0.25) is 0 Å². The van der Waals surface area contributed by atoms with Crippen molar-refractivity contribution in [3.8, 4) is 0 Å². The maximum atomic E-state index is 12.0. The summed E-state index contributed by atoms with van der Waals surface area (Å²) in [5, 5.41) is 7.24. The van der Waals surface area contributed by atoms with Gasteiger partial charge in [-0.1, -0.05) is 0 Å². The van der Waals surface area contributed by atoms with Gasteiger partial charge in [-0.2, -0.15) is 5.10 Å². The minimum Gasteiger partial charge on any atom is -0.374 e. The molecule has 0 radical (unpaired) electrons. The van der Waals surface area contributed by atoms with E-state index in [2.05, 4.69) is 10.4 Å². The first kappa shape index (κ1) is 12.4. The van der Waals surface area contributed by atoms with Crippen LogP contribution in [-0.2, 0) is 16.1 Å². The van der Waals surface area contributed by atoms with Gasteiger partial charge in [0.15, 0.2) is 0 Å². The van der Waals surface area contributed by atoms with Gasteiger partial charge in [-0.15, -0.1) is 0 Å². The third-order valence-electron chi connectivity index (χ3n) is 5.59. The van der Waals surface area contributed by atoms with Crippen molar-refractivity contribution in [2.75, 3.05) is 13.2 Å². The van der Waals surface area contributed by atoms with Crippen molar-refractivity contribution in [3.63, 3.8) is 0 Å². The van der Waals surface area contributed by atoms with E-state index in [4.69, 9.17) is 4.74 Å². The summed E-state index contributed by atoms with van der Waals surface area (Å²) in [6.45, 7) is 2.36. The van der Waals surface area contributed by atoms with Crippen LogP contribution in [0.4, 0.5) is 0 Å². The van der Waals surface area contributed by atoms with Crippen molar-refractivity contribution in [2.45, 2.75) is 44.2 Å². The summed E-state index contributed by atoms with van der Waals surface area (Å²) in [7, 11) is 0. The van der Waals surface area contributed by atoms with E-state index in [0.717, 1.165) is 13.2 Å².